The average Bonchev–Trinajstić information content (AvgIpc) is 2.80. The molecule has 2 bridgehead atoms. The van der Waals surface area contributed by atoms with Gasteiger partial charge in [-0.1, -0.05) is 15.9 Å². The maximum Gasteiger partial charge on any atom is 0.310 e. The van der Waals surface area contributed by atoms with E-state index in [0.717, 1.165) is 12.8 Å². The van der Waals surface area contributed by atoms with Crippen molar-refractivity contribution in [2.45, 2.75) is 23.8 Å². The van der Waals surface area contributed by atoms with Crippen LogP contribution in [0.5, 0.6) is 0 Å². The molecule has 0 aromatic rings. The largest absolute Gasteiger partial charge is 0.481 e. The van der Waals surface area contributed by atoms with Gasteiger partial charge in [0, 0.05) is 5.92 Å². The van der Waals surface area contributed by atoms with Crippen molar-refractivity contribution >= 4 is 27.9 Å². The van der Waals surface area contributed by atoms with E-state index in [-0.39, 0.29) is 40.1 Å². The first-order valence-corrected chi connectivity index (χ1v) is 6.57. The van der Waals surface area contributed by atoms with Gasteiger partial charge >= 0.3 is 11.9 Å². The number of esters is 1. The van der Waals surface area contributed by atoms with Crippen LogP contribution in [-0.4, -0.2) is 28.0 Å². The van der Waals surface area contributed by atoms with Gasteiger partial charge in [-0.3, -0.25) is 9.59 Å². The lowest BCUT2D eigenvalue weighted by molar-refractivity contribution is -0.151. The third-order valence-corrected chi connectivity index (χ3v) is 6.23. The summed E-state index contributed by atoms with van der Waals surface area (Å²) < 4.78 is 5.36. The van der Waals surface area contributed by atoms with E-state index in [2.05, 4.69) is 15.9 Å². The maximum absolute atomic E-state index is 11.8. The molecule has 4 aliphatic rings. The summed E-state index contributed by atoms with van der Waals surface area (Å²) in [6.07, 6.45) is 2.07. The topological polar surface area (TPSA) is 63.6 Å². The zero-order valence-corrected chi connectivity index (χ0v) is 10.0. The first-order chi connectivity index (χ1) is 7.58. The number of carboxylic acids is 1. The van der Waals surface area contributed by atoms with Crippen molar-refractivity contribution in [3.63, 3.8) is 0 Å². The van der Waals surface area contributed by atoms with Crippen LogP contribution in [-0.2, 0) is 14.3 Å². The SMILES string of the molecule is O=C1O[C@H]2[C@@H](Br)[C@H]3[C@H](C(=O)O)[C@@H]1[C@@H]2C31CC1. The number of alkyl halides is 1. The highest BCUT2D eigenvalue weighted by Crippen LogP contribution is 2.77. The average molecular weight is 287 g/mol. The van der Waals surface area contributed by atoms with Crippen molar-refractivity contribution in [1.82, 2.24) is 0 Å². The van der Waals surface area contributed by atoms with Crippen LogP contribution in [0.3, 0.4) is 0 Å². The molecule has 4 rings (SSSR count). The number of carboxylic acid groups (broad SMARTS) is 1. The molecule has 86 valence electrons. The van der Waals surface area contributed by atoms with E-state index in [0.29, 0.717) is 0 Å². The lowest BCUT2D eigenvalue weighted by Crippen LogP contribution is -2.37. The Morgan fingerprint density at radius 3 is 2.69 bits per heavy atom. The number of carbonyl (C=O) groups excluding carboxylic acids is 1. The summed E-state index contributed by atoms with van der Waals surface area (Å²) in [4.78, 5) is 23.2. The predicted molar refractivity (Wildman–Crippen MR) is 55.9 cm³/mol. The Morgan fingerprint density at radius 1 is 1.44 bits per heavy atom. The number of ether oxygens (including phenoxy) is 1. The first-order valence-electron chi connectivity index (χ1n) is 5.65. The number of carbonyl (C=O) groups is 2. The van der Waals surface area contributed by atoms with Gasteiger partial charge in [0.15, 0.2) is 0 Å². The van der Waals surface area contributed by atoms with Crippen LogP contribution in [0, 0.1) is 29.1 Å². The van der Waals surface area contributed by atoms with Crippen LogP contribution in [0.4, 0.5) is 0 Å². The Kier molecular flexibility index (Phi) is 1.46. The Labute approximate surface area is 100 Å². The summed E-state index contributed by atoms with van der Waals surface area (Å²) in [7, 11) is 0. The molecule has 1 aliphatic heterocycles. The smallest absolute Gasteiger partial charge is 0.310 e. The van der Waals surface area contributed by atoms with Crippen LogP contribution in [0.25, 0.3) is 0 Å². The third kappa shape index (κ3) is 0.753. The second-order valence-corrected chi connectivity index (χ2v) is 6.58. The minimum Gasteiger partial charge on any atom is -0.481 e. The van der Waals surface area contributed by atoms with Crippen molar-refractivity contribution in [1.29, 1.82) is 0 Å². The molecule has 0 aromatic heterocycles. The standard InChI is InChI=1S/C11H11BrO4/c12-7-5-3(9(13)14)4-6(11(5)1-2-11)8(7)16-10(4)15/h3-8H,1-2H2,(H,13,14)/t3-,4-,5-,6+,7+,8-/m1/s1. The van der Waals surface area contributed by atoms with E-state index < -0.39 is 11.9 Å². The van der Waals surface area contributed by atoms with Crippen LogP contribution in [0.15, 0.2) is 0 Å². The van der Waals surface area contributed by atoms with Gasteiger partial charge < -0.3 is 9.84 Å². The summed E-state index contributed by atoms with van der Waals surface area (Å²) in [5.41, 5.74) is 0.110. The fourth-order valence-electron chi connectivity index (χ4n) is 4.60. The molecule has 1 N–H and O–H groups in total. The van der Waals surface area contributed by atoms with E-state index in [4.69, 9.17) is 4.74 Å². The van der Waals surface area contributed by atoms with Gasteiger partial charge in [-0.2, -0.15) is 0 Å². The molecular formula is C11H11BrO4. The first kappa shape index (κ1) is 9.45. The van der Waals surface area contributed by atoms with Gasteiger partial charge in [-0.15, -0.1) is 0 Å². The number of halogens is 1. The Bertz CT molecular complexity index is 416. The lowest BCUT2D eigenvalue weighted by Gasteiger charge is -2.25. The Hall–Kier alpha value is -0.580. The summed E-state index contributed by atoms with van der Waals surface area (Å²) in [5.74, 6) is -1.75. The van der Waals surface area contributed by atoms with Crippen molar-refractivity contribution in [3.8, 4) is 0 Å². The second-order valence-electron chi connectivity index (χ2n) is 5.52. The van der Waals surface area contributed by atoms with Gasteiger partial charge in [0.2, 0.25) is 0 Å². The molecule has 0 aromatic carbocycles. The molecular weight excluding hydrogens is 276 g/mol. The van der Waals surface area contributed by atoms with Crippen LogP contribution in [0.2, 0.25) is 0 Å². The minimum atomic E-state index is -0.828. The fraction of sp³-hybridized carbons (Fsp3) is 0.818. The molecule has 1 spiro atoms. The number of rotatable bonds is 1. The summed E-state index contributed by atoms with van der Waals surface area (Å²) in [6, 6.07) is 0. The van der Waals surface area contributed by atoms with E-state index in [9.17, 15) is 14.7 Å². The molecule has 0 radical (unpaired) electrons. The minimum absolute atomic E-state index is 0.0452. The molecule has 6 atom stereocenters. The molecule has 4 fully saturated rings. The molecule has 1 saturated heterocycles. The number of hydrogen-bond donors (Lipinski definition) is 1. The third-order valence-electron chi connectivity index (χ3n) is 5.14. The van der Waals surface area contributed by atoms with Gasteiger partial charge in [0.25, 0.3) is 0 Å². The number of aliphatic carboxylic acids is 1. The zero-order chi connectivity index (χ0) is 11.2. The van der Waals surface area contributed by atoms with E-state index >= 15 is 0 Å². The molecule has 0 amide bonds. The van der Waals surface area contributed by atoms with E-state index in [1.54, 1.807) is 0 Å². The highest BCUT2D eigenvalue weighted by atomic mass is 79.9. The highest BCUT2D eigenvalue weighted by Gasteiger charge is 2.81. The van der Waals surface area contributed by atoms with E-state index in [1.165, 1.54) is 0 Å². The zero-order valence-electron chi connectivity index (χ0n) is 8.43. The quantitative estimate of drug-likeness (QED) is 0.578. The van der Waals surface area contributed by atoms with Crippen molar-refractivity contribution in [3.05, 3.63) is 0 Å². The van der Waals surface area contributed by atoms with Crippen LogP contribution >= 0.6 is 15.9 Å². The highest BCUT2D eigenvalue weighted by molar-refractivity contribution is 9.09. The van der Waals surface area contributed by atoms with E-state index in [1.807, 2.05) is 0 Å². The summed E-state index contributed by atoms with van der Waals surface area (Å²) in [5, 5.41) is 9.32. The molecule has 16 heavy (non-hydrogen) atoms. The number of hydrogen-bond acceptors (Lipinski definition) is 3. The molecule has 4 nitrogen and oxygen atoms in total. The molecule has 1 heterocycles. The van der Waals surface area contributed by atoms with Gasteiger partial charge in [0.05, 0.1) is 16.7 Å². The molecule has 0 unspecified atom stereocenters. The monoisotopic (exact) mass is 286 g/mol. The fourth-order valence-corrected chi connectivity index (χ4v) is 5.89. The summed E-state index contributed by atoms with van der Waals surface area (Å²) in [6.45, 7) is 0. The lowest BCUT2D eigenvalue weighted by atomic mass is 9.80. The molecule has 5 heteroatoms. The van der Waals surface area contributed by atoms with Crippen molar-refractivity contribution in [2.24, 2.45) is 29.1 Å². The van der Waals surface area contributed by atoms with Gasteiger partial charge in [-0.05, 0) is 24.2 Å². The maximum atomic E-state index is 11.8. The molecule has 3 saturated carbocycles. The summed E-state index contributed by atoms with van der Waals surface area (Å²) >= 11 is 3.56. The second kappa shape index (κ2) is 2.47. The van der Waals surface area contributed by atoms with Crippen molar-refractivity contribution < 1.29 is 19.4 Å². The molecule has 3 aliphatic carbocycles. The van der Waals surface area contributed by atoms with Gasteiger partial charge in [0.1, 0.15) is 6.10 Å². The Morgan fingerprint density at radius 2 is 2.12 bits per heavy atom. The van der Waals surface area contributed by atoms with Gasteiger partial charge in [-0.25, -0.2) is 0 Å². The van der Waals surface area contributed by atoms with Crippen LogP contribution in [0.1, 0.15) is 12.8 Å². The normalized spacial score (nSPS) is 54.4. The predicted octanol–water partition coefficient (Wildman–Crippen LogP) is 1.03. The van der Waals surface area contributed by atoms with Crippen molar-refractivity contribution in [2.75, 3.05) is 0 Å². The van der Waals surface area contributed by atoms with Crippen LogP contribution < -0.4 is 0 Å². The Balaban J connectivity index is 1.89.